The fourth-order valence-corrected chi connectivity index (χ4v) is 3.54. The van der Waals surface area contributed by atoms with Crippen molar-refractivity contribution in [2.75, 3.05) is 37.9 Å². The van der Waals surface area contributed by atoms with Gasteiger partial charge in [-0.2, -0.15) is 0 Å². The number of hydrogen-bond donors (Lipinski definition) is 1. The van der Waals surface area contributed by atoms with Gasteiger partial charge in [0.05, 0.1) is 11.4 Å². The van der Waals surface area contributed by atoms with Gasteiger partial charge in [0.25, 0.3) is 0 Å². The number of sulfonamides is 1. The Morgan fingerprint density at radius 1 is 1.04 bits per heavy atom. The first-order valence-electron chi connectivity index (χ1n) is 8.22. The van der Waals surface area contributed by atoms with E-state index in [0.717, 1.165) is 21.1 Å². The molecule has 140 valence electrons. The standard InChI is InChI=1S/C19H25N3O3S/c1-14-8-6-11-18(15(14)2)22(5)13-19(23)20-16-9-7-10-17(12-16)26(24,25)21(3)4/h6-12H,13H2,1-5H3,(H,20,23). The molecule has 26 heavy (non-hydrogen) atoms. The summed E-state index contributed by atoms with van der Waals surface area (Å²) in [6, 6.07) is 12.2. The first kappa shape index (κ1) is 19.9. The van der Waals surface area contributed by atoms with Crippen LogP contribution in [0.1, 0.15) is 11.1 Å². The summed E-state index contributed by atoms with van der Waals surface area (Å²) in [6.07, 6.45) is 0. The summed E-state index contributed by atoms with van der Waals surface area (Å²) in [5.74, 6) is -0.215. The summed E-state index contributed by atoms with van der Waals surface area (Å²) in [6.45, 7) is 4.22. The van der Waals surface area contributed by atoms with E-state index in [9.17, 15) is 13.2 Å². The normalized spacial score (nSPS) is 11.5. The van der Waals surface area contributed by atoms with Crippen LogP contribution in [-0.2, 0) is 14.8 Å². The molecule has 1 amide bonds. The highest BCUT2D eigenvalue weighted by Crippen LogP contribution is 2.22. The van der Waals surface area contributed by atoms with Gasteiger partial charge < -0.3 is 10.2 Å². The Morgan fingerprint density at radius 3 is 2.35 bits per heavy atom. The number of rotatable bonds is 6. The molecule has 0 saturated heterocycles. The van der Waals surface area contributed by atoms with E-state index in [4.69, 9.17) is 0 Å². The second-order valence-corrected chi connectivity index (χ2v) is 8.59. The van der Waals surface area contributed by atoms with Crippen LogP contribution in [0.3, 0.4) is 0 Å². The van der Waals surface area contributed by atoms with Gasteiger partial charge in [0.2, 0.25) is 15.9 Å². The van der Waals surface area contributed by atoms with Gasteiger partial charge in [0.15, 0.2) is 0 Å². The molecule has 6 nitrogen and oxygen atoms in total. The highest BCUT2D eigenvalue weighted by molar-refractivity contribution is 7.89. The molecule has 0 atom stereocenters. The van der Waals surface area contributed by atoms with Crippen molar-refractivity contribution in [3.05, 3.63) is 53.6 Å². The predicted octanol–water partition coefficient (Wildman–Crippen LogP) is 2.63. The molecule has 0 heterocycles. The quantitative estimate of drug-likeness (QED) is 0.843. The van der Waals surface area contributed by atoms with E-state index >= 15 is 0 Å². The largest absolute Gasteiger partial charge is 0.365 e. The van der Waals surface area contributed by atoms with Crippen LogP contribution >= 0.6 is 0 Å². The minimum atomic E-state index is -3.54. The molecule has 0 fully saturated rings. The average Bonchev–Trinajstić information content (AvgIpc) is 2.57. The molecule has 2 aromatic carbocycles. The smallest absolute Gasteiger partial charge is 0.243 e. The molecular formula is C19H25N3O3S. The van der Waals surface area contributed by atoms with Crippen molar-refractivity contribution in [1.29, 1.82) is 0 Å². The van der Waals surface area contributed by atoms with Gasteiger partial charge in [0, 0.05) is 32.5 Å². The third kappa shape index (κ3) is 4.42. The van der Waals surface area contributed by atoms with Crippen molar-refractivity contribution >= 4 is 27.3 Å². The van der Waals surface area contributed by atoms with Gasteiger partial charge in [0.1, 0.15) is 0 Å². The maximum Gasteiger partial charge on any atom is 0.243 e. The molecule has 1 N–H and O–H groups in total. The van der Waals surface area contributed by atoms with Crippen LogP contribution in [0.15, 0.2) is 47.4 Å². The Kier molecular flexibility index (Phi) is 6.05. The molecule has 0 saturated carbocycles. The number of carbonyl (C=O) groups excluding carboxylic acids is 1. The summed E-state index contributed by atoms with van der Waals surface area (Å²) in [4.78, 5) is 14.4. The summed E-state index contributed by atoms with van der Waals surface area (Å²) >= 11 is 0. The topological polar surface area (TPSA) is 69.7 Å². The van der Waals surface area contributed by atoms with Gasteiger partial charge in [-0.05, 0) is 49.2 Å². The van der Waals surface area contributed by atoms with Crippen LogP contribution in [0.2, 0.25) is 0 Å². The number of likely N-dealkylation sites (N-methyl/N-ethyl adjacent to an activating group) is 1. The molecule has 0 spiro atoms. The average molecular weight is 375 g/mol. The van der Waals surface area contributed by atoms with Crippen molar-refractivity contribution in [3.8, 4) is 0 Å². The minimum absolute atomic E-state index is 0.142. The molecule has 2 rings (SSSR count). The maximum absolute atomic E-state index is 12.4. The number of amides is 1. The third-order valence-electron chi connectivity index (χ3n) is 4.26. The Balaban J connectivity index is 2.12. The van der Waals surface area contributed by atoms with Gasteiger partial charge in [-0.3, -0.25) is 4.79 Å². The lowest BCUT2D eigenvalue weighted by molar-refractivity contribution is -0.114. The number of nitrogens with one attached hydrogen (secondary N) is 1. The lowest BCUT2D eigenvalue weighted by Gasteiger charge is -2.22. The van der Waals surface area contributed by atoms with Crippen molar-refractivity contribution in [3.63, 3.8) is 0 Å². The van der Waals surface area contributed by atoms with Crippen LogP contribution in [0.4, 0.5) is 11.4 Å². The van der Waals surface area contributed by atoms with Crippen molar-refractivity contribution in [2.24, 2.45) is 0 Å². The minimum Gasteiger partial charge on any atom is -0.365 e. The molecule has 7 heteroatoms. The molecule has 0 unspecified atom stereocenters. The third-order valence-corrected chi connectivity index (χ3v) is 6.08. The van der Waals surface area contributed by atoms with Crippen molar-refractivity contribution in [1.82, 2.24) is 4.31 Å². The monoisotopic (exact) mass is 375 g/mol. The molecule has 0 radical (unpaired) electrons. The first-order chi connectivity index (χ1) is 12.1. The van der Waals surface area contributed by atoms with Gasteiger partial charge in [-0.1, -0.05) is 18.2 Å². The zero-order chi connectivity index (χ0) is 19.5. The maximum atomic E-state index is 12.4. The lowest BCUT2D eigenvalue weighted by Crippen LogP contribution is -2.30. The fourth-order valence-electron chi connectivity index (χ4n) is 2.60. The summed E-state index contributed by atoms with van der Waals surface area (Å²) in [7, 11) is 1.26. The van der Waals surface area contributed by atoms with E-state index in [1.165, 1.54) is 26.2 Å². The number of hydrogen-bond acceptors (Lipinski definition) is 4. The summed E-state index contributed by atoms with van der Waals surface area (Å²) in [5, 5.41) is 2.76. The summed E-state index contributed by atoms with van der Waals surface area (Å²) in [5.41, 5.74) is 3.73. The van der Waals surface area contributed by atoms with E-state index in [-0.39, 0.29) is 17.3 Å². The van der Waals surface area contributed by atoms with Crippen LogP contribution in [0.25, 0.3) is 0 Å². The molecule has 0 aliphatic heterocycles. The number of nitrogens with zero attached hydrogens (tertiary/aromatic N) is 2. The Bertz CT molecular complexity index is 908. The Morgan fingerprint density at radius 2 is 1.69 bits per heavy atom. The van der Waals surface area contributed by atoms with Crippen molar-refractivity contribution in [2.45, 2.75) is 18.7 Å². The Labute approximate surface area is 155 Å². The predicted molar refractivity (Wildman–Crippen MR) is 105 cm³/mol. The summed E-state index contributed by atoms with van der Waals surface area (Å²) < 4.78 is 25.6. The lowest BCUT2D eigenvalue weighted by atomic mass is 10.1. The molecule has 0 aliphatic carbocycles. The van der Waals surface area contributed by atoms with E-state index in [0.29, 0.717) is 5.69 Å². The fraction of sp³-hybridized carbons (Fsp3) is 0.316. The first-order valence-corrected chi connectivity index (χ1v) is 9.66. The molecular weight excluding hydrogens is 350 g/mol. The van der Waals surface area contributed by atoms with E-state index in [2.05, 4.69) is 5.32 Å². The Hall–Kier alpha value is -2.38. The molecule has 0 bridgehead atoms. The zero-order valence-electron chi connectivity index (χ0n) is 15.8. The van der Waals surface area contributed by atoms with Crippen LogP contribution in [0.5, 0.6) is 0 Å². The molecule has 2 aromatic rings. The highest BCUT2D eigenvalue weighted by atomic mass is 32.2. The number of carbonyl (C=O) groups is 1. The highest BCUT2D eigenvalue weighted by Gasteiger charge is 2.18. The number of aryl methyl sites for hydroxylation is 1. The van der Waals surface area contributed by atoms with Crippen LogP contribution in [0, 0.1) is 13.8 Å². The second-order valence-electron chi connectivity index (χ2n) is 6.44. The van der Waals surface area contributed by atoms with Gasteiger partial charge >= 0.3 is 0 Å². The van der Waals surface area contributed by atoms with Crippen molar-refractivity contribution < 1.29 is 13.2 Å². The van der Waals surface area contributed by atoms with Crippen LogP contribution < -0.4 is 10.2 Å². The molecule has 0 aromatic heterocycles. The van der Waals surface area contributed by atoms with E-state index in [1.54, 1.807) is 12.1 Å². The van der Waals surface area contributed by atoms with Crippen LogP contribution in [-0.4, -0.2) is 46.3 Å². The second kappa shape index (κ2) is 7.88. The van der Waals surface area contributed by atoms with E-state index in [1.807, 2.05) is 44.0 Å². The number of anilines is 2. The van der Waals surface area contributed by atoms with Gasteiger partial charge in [-0.25, -0.2) is 12.7 Å². The molecule has 0 aliphatic rings. The number of benzene rings is 2. The SMILES string of the molecule is Cc1cccc(N(C)CC(=O)Nc2cccc(S(=O)(=O)N(C)C)c2)c1C. The van der Waals surface area contributed by atoms with E-state index < -0.39 is 10.0 Å². The van der Waals surface area contributed by atoms with Gasteiger partial charge in [-0.15, -0.1) is 0 Å². The zero-order valence-corrected chi connectivity index (χ0v) is 16.6.